The summed E-state index contributed by atoms with van der Waals surface area (Å²) in [6.45, 7) is 2.23. The number of fused-ring (bicyclic) bond motifs is 4. The van der Waals surface area contributed by atoms with Gasteiger partial charge in [0.05, 0.1) is 11.3 Å². The minimum atomic E-state index is -0.191. The highest BCUT2D eigenvalue weighted by Crippen LogP contribution is 2.37. The van der Waals surface area contributed by atoms with Crippen LogP contribution in [0, 0.1) is 6.92 Å². The van der Waals surface area contributed by atoms with Crippen LogP contribution >= 0.6 is 11.8 Å². The van der Waals surface area contributed by atoms with Gasteiger partial charge < -0.3 is 14.2 Å². The highest BCUT2D eigenvalue weighted by atomic mass is 32.2. The smallest absolute Gasteiger partial charge is 0.316 e. The van der Waals surface area contributed by atoms with Gasteiger partial charge in [0.1, 0.15) is 6.10 Å². The number of aromatic nitrogens is 3. The maximum Gasteiger partial charge on any atom is 0.316 e. The lowest BCUT2D eigenvalue weighted by atomic mass is 9.98. The predicted octanol–water partition coefficient (Wildman–Crippen LogP) is 3.89. The Labute approximate surface area is 166 Å². The van der Waals surface area contributed by atoms with Crippen molar-refractivity contribution in [2.24, 2.45) is 0 Å². The second-order valence-electron chi connectivity index (χ2n) is 7.27. The van der Waals surface area contributed by atoms with E-state index < -0.39 is 0 Å². The van der Waals surface area contributed by atoms with Crippen molar-refractivity contribution in [2.45, 2.75) is 50.3 Å². The lowest BCUT2D eigenvalue weighted by molar-refractivity contribution is -0.147. The number of thioether (sulfide) groups is 1. The van der Waals surface area contributed by atoms with Gasteiger partial charge in [-0.2, -0.15) is 0 Å². The number of carbonyl (C=O) groups is 1. The zero-order chi connectivity index (χ0) is 19.1. The van der Waals surface area contributed by atoms with E-state index in [1.165, 1.54) is 18.2 Å². The average molecular weight is 399 g/mol. The highest BCUT2D eigenvalue weighted by molar-refractivity contribution is 7.99. The van der Waals surface area contributed by atoms with E-state index in [-0.39, 0.29) is 24.6 Å². The van der Waals surface area contributed by atoms with Gasteiger partial charge >= 0.3 is 5.97 Å². The van der Waals surface area contributed by atoms with Crippen LogP contribution in [0.4, 0.5) is 0 Å². The molecule has 5 rings (SSSR count). The van der Waals surface area contributed by atoms with Crippen molar-refractivity contribution in [1.29, 1.82) is 0 Å². The Kier molecular flexibility index (Phi) is 4.50. The molecule has 8 heteroatoms. The molecule has 28 heavy (non-hydrogen) atoms. The number of carbonyl (C=O) groups excluding carboxylic acids is 1. The number of hydrogen-bond acceptors (Lipinski definition) is 7. The third kappa shape index (κ3) is 3.15. The van der Waals surface area contributed by atoms with Crippen molar-refractivity contribution < 1.29 is 19.0 Å². The zero-order valence-corrected chi connectivity index (χ0v) is 16.5. The van der Waals surface area contributed by atoms with Crippen LogP contribution in [-0.4, -0.2) is 39.2 Å². The number of benzene rings is 1. The summed E-state index contributed by atoms with van der Waals surface area (Å²) in [6.07, 6.45) is 5.53. The molecule has 2 aromatic heterocycles. The van der Waals surface area contributed by atoms with Gasteiger partial charge in [-0.15, -0.1) is 10.2 Å². The molecule has 3 heterocycles. The highest BCUT2D eigenvalue weighted by Gasteiger charge is 2.21. The summed E-state index contributed by atoms with van der Waals surface area (Å²) < 4.78 is 18.6. The molecule has 0 atom stereocenters. The number of rotatable bonds is 4. The number of pyridine rings is 1. The van der Waals surface area contributed by atoms with Gasteiger partial charge in [0, 0.05) is 11.5 Å². The summed E-state index contributed by atoms with van der Waals surface area (Å²) in [7, 11) is 0. The third-order valence-electron chi connectivity index (χ3n) is 5.29. The second-order valence-corrected chi connectivity index (χ2v) is 8.21. The molecule has 0 bridgehead atoms. The molecule has 1 aromatic carbocycles. The van der Waals surface area contributed by atoms with Crippen molar-refractivity contribution in [3.8, 4) is 11.5 Å². The summed E-state index contributed by atoms with van der Waals surface area (Å²) in [5, 5.41) is 10.3. The SMILES string of the molecule is Cc1cc2cc3c(cc2n2c(SCC(=O)OC4CCCCC4)nnc12)OCO3. The van der Waals surface area contributed by atoms with Gasteiger partial charge in [-0.25, -0.2) is 0 Å². The fraction of sp³-hybridized carbons (Fsp3) is 0.450. The van der Waals surface area contributed by atoms with Gasteiger partial charge in [-0.05, 0) is 50.3 Å². The van der Waals surface area contributed by atoms with Gasteiger partial charge in [-0.3, -0.25) is 9.20 Å². The molecule has 0 N–H and O–H groups in total. The zero-order valence-electron chi connectivity index (χ0n) is 15.6. The molecule has 0 unspecified atom stereocenters. The van der Waals surface area contributed by atoms with E-state index in [0.717, 1.165) is 53.5 Å². The Morgan fingerprint density at radius 1 is 1.18 bits per heavy atom. The standard InChI is InChI=1S/C20H21N3O4S/c1-12-7-13-8-16-17(26-11-25-16)9-15(13)23-19(12)21-22-20(23)28-10-18(24)27-14-5-3-2-4-6-14/h7-9,14H,2-6,10-11H2,1H3. The molecular weight excluding hydrogens is 378 g/mol. The van der Waals surface area contributed by atoms with E-state index in [0.29, 0.717) is 10.9 Å². The van der Waals surface area contributed by atoms with Crippen molar-refractivity contribution in [3.05, 3.63) is 23.8 Å². The third-order valence-corrected chi connectivity index (χ3v) is 6.19. The summed E-state index contributed by atoms with van der Waals surface area (Å²) in [6, 6.07) is 5.97. The van der Waals surface area contributed by atoms with Crippen molar-refractivity contribution in [1.82, 2.24) is 14.6 Å². The largest absolute Gasteiger partial charge is 0.462 e. The maximum atomic E-state index is 12.3. The molecule has 1 fully saturated rings. The van der Waals surface area contributed by atoms with Gasteiger partial charge in [-0.1, -0.05) is 18.2 Å². The molecule has 2 aliphatic rings. The number of nitrogens with zero attached hydrogens (tertiary/aromatic N) is 3. The first-order chi connectivity index (χ1) is 13.7. The Morgan fingerprint density at radius 2 is 1.96 bits per heavy atom. The fourth-order valence-corrected chi connectivity index (χ4v) is 4.64. The molecule has 7 nitrogen and oxygen atoms in total. The lowest BCUT2D eigenvalue weighted by Gasteiger charge is -2.21. The molecular formula is C20H21N3O4S. The minimum Gasteiger partial charge on any atom is -0.462 e. The first-order valence-corrected chi connectivity index (χ1v) is 10.6. The first-order valence-electron chi connectivity index (χ1n) is 9.59. The normalized spacial score (nSPS) is 16.8. The lowest BCUT2D eigenvalue weighted by Crippen LogP contribution is -2.22. The van der Waals surface area contributed by atoms with Crippen LogP contribution in [0.25, 0.3) is 16.6 Å². The van der Waals surface area contributed by atoms with E-state index in [1.807, 2.05) is 23.5 Å². The Balaban J connectivity index is 1.43. The molecule has 0 amide bonds. The molecule has 146 valence electrons. The summed E-state index contributed by atoms with van der Waals surface area (Å²) in [5.74, 6) is 1.48. The predicted molar refractivity (Wildman–Crippen MR) is 105 cm³/mol. The van der Waals surface area contributed by atoms with E-state index in [2.05, 4.69) is 16.3 Å². The van der Waals surface area contributed by atoms with Crippen LogP contribution in [0.3, 0.4) is 0 Å². The second kappa shape index (κ2) is 7.16. The van der Waals surface area contributed by atoms with Gasteiger partial charge in [0.15, 0.2) is 22.3 Å². The Hall–Kier alpha value is -2.48. The molecule has 0 spiro atoms. The van der Waals surface area contributed by atoms with Crippen LogP contribution in [0.5, 0.6) is 11.5 Å². The molecule has 1 saturated carbocycles. The molecule has 1 aliphatic carbocycles. The van der Waals surface area contributed by atoms with Gasteiger partial charge in [0.25, 0.3) is 0 Å². The topological polar surface area (TPSA) is 75.0 Å². The molecule has 1 aliphatic heterocycles. The van der Waals surface area contributed by atoms with Gasteiger partial charge in [0.2, 0.25) is 6.79 Å². The van der Waals surface area contributed by atoms with Crippen LogP contribution in [-0.2, 0) is 9.53 Å². The quantitative estimate of drug-likeness (QED) is 0.487. The molecule has 0 radical (unpaired) electrons. The Bertz CT molecular complexity index is 1060. The number of hydrogen-bond donors (Lipinski definition) is 0. The first kappa shape index (κ1) is 17.6. The summed E-state index contributed by atoms with van der Waals surface area (Å²) >= 11 is 1.35. The number of aryl methyl sites for hydroxylation is 1. The van der Waals surface area contributed by atoms with Crippen molar-refractivity contribution in [2.75, 3.05) is 12.5 Å². The number of ether oxygens (including phenoxy) is 3. The van der Waals surface area contributed by atoms with E-state index in [1.54, 1.807) is 0 Å². The van der Waals surface area contributed by atoms with Crippen LogP contribution in [0.15, 0.2) is 23.4 Å². The fourth-order valence-electron chi connectivity index (χ4n) is 3.92. The van der Waals surface area contributed by atoms with E-state index in [9.17, 15) is 4.79 Å². The summed E-state index contributed by atoms with van der Waals surface area (Å²) in [5.41, 5.74) is 2.71. The van der Waals surface area contributed by atoms with E-state index in [4.69, 9.17) is 14.2 Å². The average Bonchev–Trinajstić information content (AvgIpc) is 3.33. The Morgan fingerprint density at radius 3 is 2.79 bits per heavy atom. The van der Waals surface area contributed by atoms with E-state index >= 15 is 0 Å². The molecule has 0 saturated heterocycles. The number of esters is 1. The van der Waals surface area contributed by atoms with Crippen LogP contribution in [0.1, 0.15) is 37.7 Å². The van der Waals surface area contributed by atoms with Crippen LogP contribution < -0.4 is 9.47 Å². The minimum absolute atomic E-state index is 0.0693. The monoisotopic (exact) mass is 399 g/mol. The van der Waals surface area contributed by atoms with Crippen molar-refractivity contribution in [3.63, 3.8) is 0 Å². The maximum absolute atomic E-state index is 12.3. The molecule has 3 aromatic rings. The van der Waals surface area contributed by atoms with Crippen LogP contribution in [0.2, 0.25) is 0 Å². The van der Waals surface area contributed by atoms with Crippen molar-refractivity contribution >= 4 is 34.3 Å². The summed E-state index contributed by atoms with van der Waals surface area (Å²) in [4.78, 5) is 12.3.